The number of ether oxygens (including phenoxy) is 1. The summed E-state index contributed by atoms with van der Waals surface area (Å²) in [4.78, 5) is 27.7. The molecule has 0 saturated carbocycles. The number of nitrogens with one attached hydrogen (secondary N) is 1. The van der Waals surface area contributed by atoms with Gasteiger partial charge in [-0.05, 0) is 63.4 Å². The van der Waals surface area contributed by atoms with E-state index in [1.807, 2.05) is 65.0 Å². The van der Waals surface area contributed by atoms with Gasteiger partial charge >= 0.3 is 0 Å². The zero-order valence-corrected chi connectivity index (χ0v) is 19.1. The summed E-state index contributed by atoms with van der Waals surface area (Å²) in [7, 11) is 0. The van der Waals surface area contributed by atoms with Crippen LogP contribution in [-0.2, 0) is 16.1 Å². The minimum Gasteiger partial charge on any atom is -0.484 e. The van der Waals surface area contributed by atoms with Crippen molar-refractivity contribution in [2.45, 2.75) is 59.2 Å². The molecular weight excluding hydrogens is 400 g/mol. The van der Waals surface area contributed by atoms with Crippen molar-refractivity contribution in [1.29, 1.82) is 0 Å². The quantitative estimate of drug-likeness (QED) is 0.657. The third-order valence-corrected chi connectivity index (χ3v) is 5.00. The monoisotopic (exact) mass is 430 g/mol. The van der Waals surface area contributed by atoms with E-state index in [1.165, 1.54) is 0 Å². The van der Waals surface area contributed by atoms with Crippen LogP contribution in [0.4, 0.5) is 0 Å². The van der Waals surface area contributed by atoms with Crippen LogP contribution in [0.3, 0.4) is 0 Å². The number of halogens is 1. The van der Waals surface area contributed by atoms with Gasteiger partial charge in [-0.3, -0.25) is 9.59 Å². The molecule has 0 bridgehead atoms. The molecule has 0 aliphatic rings. The zero-order chi connectivity index (χ0) is 22.3. The van der Waals surface area contributed by atoms with Crippen LogP contribution in [0, 0.1) is 6.92 Å². The number of amides is 2. The fourth-order valence-electron chi connectivity index (χ4n) is 3.09. The molecule has 1 N–H and O–H groups in total. The molecule has 0 saturated heterocycles. The van der Waals surface area contributed by atoms with Gasteiger partial charge < -0.3 is 15.0 Å². The van der Waals surface area contributed by atoms with E-state index in [0.29, 0.717) is 23.7 Å². The predicted octanol–water partition coefficient (Wildman–Crippen LogP) is 4.75. The maximum absolute atomic E-state index is 13.1. The van der Waals surface area contributed by atoms with E-state index in [0.717, 1.165) is 11.1 Å². The number of hydrogen-bond donors (Lipinski definition) is 1. The molecule has 6 heteroatoms. The van der Waals surface area contributed by atoms with Crippen LogP contribution in [0.5, 0.6) is 5.75 Å². The van der Waals surface area contributed by atoms with Gasteiger partial charge in [-0.2, -0.15) is 0 Å². The Bertz CT molecular complexity index is 862. The van der Waals surface area contributed by atoms with Gasteiger partial charge in [0.1, 0.15) is 11.8 Å². The number of carbonyl (C=O) groups excluding carboxylic acids is 2. The van der Waals surface area contributed by atoms with E-state index in [9.17, 15) is 9.59 Å². The molecule has 162 valence electrons. The minimum absolute atomic E-state index is 0.160. The summed E-state index contributed by atoms with van der Waals surface area (Å²) in [6, 6.07) is 14.3. The van der Waals surface area contributed by atoms with E-state index in [4.69, 9.17) is 16.3 Å². The van der Waals surface area contributed by atoms with Crippen LogP contribution in [0.15, 0.2) is 48.5 Å². The molecular formula is C24H31ClN2O3. The average molecular weight is 431 g/mol. The summed E-state index contributed by atoms with van der Waals surface area (Å²) < 4.78 is 5.72. The van der Waals surface area contributed by atoms with Crippen molar-refractivity contribution in [2.24, 2.45) is 0 Å². The van der Waals surface area contributed by atoms with Gasteiger partial charge in [0.05, 0.1) is 0 Å². The molecule has 0 aliphatic heterocycles. The van der Waals surface area contributed by atoms with Crippen LogP contribution in [0.25, 0.3) is 0 Å². The molecule has 0 spiro atoms. The standard InChI is InChI=1S/C24H31ClN2O3/c1-6-21(23(29)26-24(3,4)5)27(15-18-10-8-7-9-11-18)22(28)16-30-19-12-13-20(25)17(2)14-19/h7-14,21H,6,15-16H2,1-5H3,(H,26,29). The molecule has 1 unspecified atom stereocenters. The molecule has 30 heavy (non-hydrogen) atoms. The van der Waals surface area contributed by atoms with Gasteiger partial charge in [0.15, 0.2) is 6.61 Å². The number of rotatable bonds is 8. The summed E-state index contributed by atoms with van der Waals surface area (Å²) in [5.41, 5.74) is 1.44. The molecule has 0 aromatic heterocycles. The highest BCUT2D eigenvalue weighted by Crippen LogP contribution is 2.21. The maximum Gasteiger partial charge on any atom is 0.261 e. The van der Waals surface area contributed by atoms with E-state index in [-0.39, 0.29) is 24.0 Å². The Hall–Kier alpha value is -2.53. The van der Waals surface area contributed by atoms with Crippen molar-refractivity contribution in [2.75, 3.05) is 6.61 Å². The lowest BCUT2D eigenvalue weighted by molar-refractivity contribution is -0.143. The molecule has 2 aromatic rings. The lowest BCUT2D eigenvalue weighted by Crippen LogP contribution is -2.54. The lowest BCUT2D eigenvalue weighted by atomic mass is 10.1. The highest BCUT2D eigenvalue weighted by Gasteiger charge is 2.30. The Balaban J connectivity index is 2.21. The number of hydrogen-bond acceptors (Lipinski definition) is 3. The smallest absolute Gasteiger partial charge is 0.261 e. The summed E-state index contributed by atoms with van der Waals surface area (Å²) in [6.07, 6.45) is 0.501. The van der Waals surface area contributed by atoms with Crippen molar-refractivity contribution in [3.8, 4) is 5.75 Å². The fourth-order valence-corrected chi connectivity index (χ4v) is 3.21. The molecule has 2 aromatic carbocycles. The number of aryl methyl sites for hydroxylation is 1. The summed E-state index contributed by atoms with van der Waals surface area (Å²) >= 11 is 6.06. The second-order valence-electron chi connectivity index (χ2n) is 8.37. The maximum atomic E-state index is 13.1. The van der Waals surface area contributed by atoms with E-state index >= 15 is 0 Å². The lowest BCUT2D eigenvalue weighted by Gasteiger charge is -2.33. The zero-order valence-electron chi connectivity index (χ0n) is 18.4. The van der Waals surface area contributed by atoms with Gasteiger partial charge in [-0.15, -0.1) is 0 Å². The molecule has 2 amide bonds. The van der Waals surface area contributed by atoms with E-state index in [1.54, 1.807) is 23.1 Å². The summed E-state index contributed by atoms with van der Waals surface area (Å²) in [5, 5.41) is 3.63. The van der Waals surface area contributed by atoms with Crippen molar-refractivity contribution < 1.29 is 14.3 Å². The van der Waals surface area contributed by atoms with Crippen LogP contribution < -0.4 is 10.1 Å². The van der Waals surface area contributed by atoms with Crippen molar-refractivity contribution in [3.05, 3.63) is 64.7 Å². The van der Waals surface area contributed by atoms with Crippen molar-refractivity contribution in [3.63, 3.8) is 0 Å². The topological polar surface area (TPSA) is 58.6 Å². The number of benzene rings is 2. The first kappa shape index (κ1) is 23.7. The minimum atomic E-state index is -0.590. The summed E-state index contributed by atoms with van der Waals surface area (Å²) in [6.45, 7) is 9.73. The van der Waals surface area contributed by atoms with Crippen LogP contribution in [0.1, 0.15) is 45.2 Å². The van der Waals surface area contributed by atoms with Gasteiger partial charge in [0, 0.05) is 17.1 Å². The Morgan fingerprint density at radius 1 is 1.13 bits per heavy atom. The predicted molar refractivity (Wildman–Crippen MR) is 121 cm³/mol. The van der Waals surface area contributed by atoms with Crippen LogP contribution in [0.2, 0.25) is 5.02 Å². The molecule has 0 fully saturated rings. The van der Waals surface area contributed by atoms with Gasteiger partial charge in [-0.25, -0.2) is 0 Å². The first-order chi connectivity index (χ1) is 14.1. The second kappa shape index (κ2) is 10.5. The third kappa shape index (κ3) is 7.06. The summed E-state index contributed by atoms with van der Waals surface area (Å²) in [5.74, 6) is 0.149. The highest BCUT2D eigenvalue weighted by atomic mass is 35.5. The molecule has 2 rings (SSSR count). The first-order valence-corrected chi connectivity index (χ1v) is 10.5. The number of carbonyl (C=O) groups is 2. The van der Waals surface area contributed by atoms with Crippen molar-refractivity contribution in [1.82, 2.24) is 10.2 Å². The van der Waals surface area contributed by atoms with E-state index < -0.39 is 6.04 Å². The third-order valence-electron chi connectivity index (χ3n) is 4.57. The SMILES string of the molecule is CCC(C(=O)NC(C)(C)C)N(Cc1ccccc1)C(=O)COc1ccc(Cl)c(C)c1. The Morgan fingerprint density at radius 3 is 2.37 bits per heavy atom. The first-order valence-electron chi connectivity index (χ1n) is 10.1. The second-order valence-corrected chi connectivity index (χ2v) is 8.78. The molecule has 0 radical (unpaired) electrons. The largest absolute Gasteiger partial charge is 0.484 e. The molecule has 5 nitrogen and oxygen atoms in total. The Kier molecular flexibility index (Phi) is 8.30. The Morgan fingerprint density at radius 2 is 1.80 bits per heavy atom. The molecule has 0 heterocycles. The van der Waals surface area contributed by atoms with Gasteiger partial charge in [0.25, 0.3) is 5.91 Å². The molecule has 0 aliphatic carbocycles. The number of nitrogens with zero attached hydrogens (tertiary/aromatic N) is 1. The van der Waals surface area contributed by atoms with Crippen molar-refractivity contribution >= 4 is 23.4 Å². The highest BCUT2D eigenvalue weighted by molar-refractivity contribution is 6.31. The van der Waals surface area contributed by atoms with Gasteiger partial charge in [-0.1, -0.05) is 48.9 Å². The van der Waals surface area contributed by atoms with Gasteiger partial charge in [0.2, 0.25) is 5.91 Å². The molecule has 1 atom stereocenters. The normalized spacial score (nSPS) is 12.2. The van der Waals surface area contributed by atoms with Crippen LogP contribution in [-0.4, -0.2) is 34.9 Å². The fraction of sp³-hybridized carbons (Fsp3) is 0.417. The average Bonchev–Trinajstić information content (AvgIpc) is 2.68. The van der Waals surface area contributed by atoms with E-state index in [2.05, 4.69) is 5.32 Å². The Labute approximate surface area is 184 Å². The van der Waals surface area contributed by atoms with Crippen LogP contribution >= 0.6 is 11.6 Å².